The molecule has 0 saturated heterocycles. The molecule has 1 N–H and O–H groups in total. The van der Waals surface area contributed by atoms with Crippen LogP contribution in [-0.2, 0) is 11.2 Å². The second-order valence-electron chi connectivity index (χ2n) is 4.40. The Morgan fingerprint density at radius 2 is 2.00 bits per heavy atom. The van der Waals surface area contributed by atoms with Gasteiger partial charge < -0.3 is 5.11 Å². The normalized spacial score (nSPS) is 10.6. The predicted molar refractivity (Wildman–Crippen MR) is 70.6 cm³/mol. The minimum absolute atomic E-state index is 0.0640. The molecule has 1 aromatic carbocycles. The van der Waals surface area contributed by atoms with Crippen molar-refractivity contribution < 1.29 is 14.3 Å². The first-order chi connectivity index (χ1) is 9.41. The van der Waals surface area contributed by atoms with E-state index in [0.717, 1.165) is 4.57 Å². The molecule has 0 saturated carbocycles. The molecular weight excluding hydrogens is 263 g/mol. The lowest BCUT2D eigenvalue weighted by Crippen LogP contribution is -2.27. The van der Waals surface area contributed by atoms with Crippen LogP contribution in [0.1, 0.15) is 17.0 Å². The number of aliphatic carboxylic acids is 1. The number of benzene rings is 1. The highest BCUT2D eigenvalue weighted by Crippen LogP contribution is 2.17. The highest BCUT2D eigenvalue weighted by molar-refractivity contribution is 5.71. The zero-order valence-corrected chi connectivity index (χ0v) is 11.1. The summed E-state index contributed by atoms with van der Waals surface area (Å²) in [6, 6.07) is 5.79. The van der Waals surface area contributed by atoms with Crippen LogP contribution in [0.25, 0.3) is 5.69 Å². The van der Waals surface area contributed by atoms with Gasteiger partial charge in [0.25, 0.3) is 0 Å². The largest absolute Gasteiger partial charge is 0.481 e. The smallest absolute Gasteiger partial charge is 0.352 e. The third-order valence-electron chi connectivity index (χ3n) is 3.08. The first-order valence-electron chi connectivity index (χ1n) is 5.97. The number of halogens is 1. The lowest BCUT2D eigenvalue weighted by atomic mass is 10.1. The Balaban J connectivity index is 2.74. The van der Waals surface area contributed by atoms with E-state index in [-0.39, 0.29) is 12.1 Å². The van der Waals surface area contributed by atoms with Gasteiger partial charge in [0.1, 0.15) is 5.82 Å². The van der Waals surface area contributed by atoms with Crippen molar-refractivity contribution in [3.63, 3.8) is 0 Å². The van der Waals surface area contributed by atoms with E-state index in [0.29, 0.717) is 17.0 Å². The Morgan fingerprint density at radius 3 is 2.60 bits per heavy atom. The van der Waals surface area contributed by atoms with Crippen LogP contribution >= 0.6 is 0 Å². The molecule has 5 nitrogen and oxygen atoms in total. The first kappa shape index (κ1) is 13.9. The van der Waals surface area contributed by atoms with Crippen LogP contribution in [0, 0.1) is 19.7 Å². The fourth-order valence-electron chi connectivity index (χ4n) is 2.13. The molecule has 0 amide bonds. The Labute approximate surface area is 114 Å². The van der Waals surface area contributed by atoms with Crippen LogP contribution in [0.5, 0.6) is 0 Å². The van der Waals surface area contributed by atoms with Gasteiger partial charge in [0.15, 0.2) is 0 Å². The van der Waals surface area contributed by atoms with Crippen molar-refractivity contribution in [1.29, 1.82) is 0 Å². The molecule has 2 rings (SSSR count). The Bertz CT molecular complexity index is 738. The van der Waals surface area contributed by atoms with Gasteiger partial charge in [0, 0.05) is 17.0 Å². The molecule has 0 bridgehead atoms. The molecule has 0 radical (unpaired) electrons. The molecule has 20 heavy (non-hydrogen) atoms. The lowest BCUT2D eigenvalue weighted by Gasteiger charge is -2.14. The summed E-state index contributed by atoms with van der Waals surface area (Å²) in [5, 5.41) is 8.91. The van der Waals surface area contributed by atoms with Gasteiger partial charge in [0.2, 0.25) is 0 Å². The molecule has 1 heterocycles. The third-order valence-corrected chi connectivity index (χ3v) is 3.08. The molecule has 0 aliphatic carbocycles. The van der Waals surface area contributed by atoms with Crippen molar-refractivity contribution in [2.45, 2.75) is 20.3 Å². The summed E-state index contributed by atoms with van der Waals surface area (Å²) >= 11 is 0. The summed E-state index contributed by atoms with van der Waals surface area (Å²) in [5.74, 6) is -1.60. The van der Waals surface area contributed by atoms with Crippen LogP contribution in [0.2, 0.25) is 0 Å². The Hall–Kier alpha value is -2.50. The van der Waals surface area contributed by atoms with Gasteiger partial charge in [-0.25, -0.2) is 9.18 Å². The highest BCUT2D eigenvalue weighted by Gasteiger charge is 2.16. The molecule has 6 heteroatoms. The summed E-state index contributed by atoms with van der Waals surface area (Å²) in [7, 11) is 0. The van der Waals surface area contributed by atoms with Gasteiger partial charge in [-0.15, -0.1) is 0 Å². The van der Waals surface area contributed by atoms with Crippen LogP contribution in [-0.4, -0.2) is 20.6 Å². The van der Waals surface area contributed by atoms with Crippen molar-refractivity contribution in [2.75, 3.05) is 0 Å². The average Bonchev–Trinajstić information content (AvgIpc) is 2.36. The van der Waals surface area contributed by atoms with E-state index in [9.17, 15) is 14.0 Å². The van der Waals surface area contributed by atoms with Crippen molar-refractivity contribution in [3.8, 4) is 5.69 Å². The van der Waals surface area contributed by atoms with Crippen LogP contribution < -0.4 is 5.69 Å². The van der Waals surface area contributed by atoms with Gasteiger partial charge in [0.05, 0.1) is 12.1 Å². The molecule has 0 spiro atoms. The lowest BCUT2D eigenvalue weighted by molar-refractivity contribution is -0.136. The van der Waals surface area contributed by atoms with Gasteiger partial charge in [-0.3, -0.25) is 9.36 Å². The minimum atomic E-state index is -1.03. The van der Waals surface area contributed by atoms with E-state index < -0.39 is 17.5 Å². The van der Waals surface area contributed by atoms with E-state index in [1.165, 1.54) is 18.2 Å². The molecule has 0 aliphatic heterocycles. The number of hydrogen-bond acceptors (Lipinski definition) is 3. The van der Waals surface area contributed by atoms with Gasteiger partial charge in [-0.2, -0.15) is 4.98 Å². The average molecular weight is 276 g/mol. The predicted octanol–water partition coefficient (Wildman–Crippen LogP) is 1.62. The zero-order valence-electron chi connectivity index (χ0n) is 11.1. The van der Waals surface area contributed by atoms with Gasteiger partial charge in [-0.1, -0.05) is 12.1 Å². The highest BCUT2D eigenvalue weighted by atomic mass is 19.1. The molecule has 0 aliphatic rings. The number of carboxylic acid groups (broad SMARTS) is 1. The fraction of sp³-hybridized carbons (Fsp3) is 0.214. The molecule has 104 valence electrons. The molecule has 0 fully saturated rings. The van der Waals surface area contributed by atoms with Crippen molar-refractivity contribution in [1.82, 2.24) is 9.55 Å². The second kappa shape index (κ2) is 5.24. The standard InChI is InChI=1S/C14H13FN2O3/c1-8-10(7-13(18)19)9(2)17(14(20)16-8)12-6-4-3-5-11(12)15/h3-6H,7H2,1-2H3,(H,18,19). The molecule has 1 aromatic heterocycles. The monoisotopic (exact) mass is 276 g/mol. The van der Waals surface area contributed by atoms with Crippen LogP contribution in [0.15, 0.2) is 29.1 Å². The number of carboxylic acids is 1. The Morgan fingerprint density at radius 1 is 1.35 bits per heavy atom. The number of aryl methyl sites for hydroxylation is 1. The number of rotatable bonds is 3. The van der Waals surface area contributed by atoms with Gasteiger partial charge in [-0.05, 0) is 26.0 Å². The third kappa shape index (κ3) is 2.45. The van der Waals surface area contributed by atoms with Crippen molar-refractivity contribution in [3.05, 3.63) is 57.5 Å². The summed E-state index contributed by atoms with van der Waals surface area (Å²) in [6.07, 6.45) is -0.264. The molecule has 0 unspecified atom stereocenters. The SMILES string of the molecule is Cc1nc(=O)n(-c2ccccc2F)c(C)c1CC(=O)O. The van der Waals surface area contributed by atoms with Gasteiger partial charge >= 0.3 is 11.7 Å². The van der Waals surface area contributed by atoms with Crippen molar-refractivity contribution in [2.24, 2.45) is 0 Å². The van der Waals surface area contributed by atoms with E-state index >= 15 is 0 Å². The van der Waals surface area contributed by atoms with E-state index in [1.54, 1.807) is 19.9 Å². The summed E-state index contributed by atoms with van der Waals surface area (Å²) in [5.41, 5.74) is 0.589. The number of carbonyl (C=O) groups is 1. The first-order valence-corrected chi connectivity index (χ1v) is 5.97. The fourth-order valence-corrected chi connectivity index (χ4v) is 2.13. The number of hydrogen-bond donors (Lipinski definition) is 1. The number of nitrogens with zero attached hydrogens (tertiary/aromatic N) is 2. The number of aromatic nitrogens is 2. The topological polar surface area (TPSA) is 72.2 Å². The number of para-hydroxylation sites is 1. The van der Waals surface area contributed by atoms with Crippen LogP contribution in [0.4, 0.5) is 4.39 Å². The molecule has 0 atom stereocenters. The summed E-state index contributed by atoms with van der Waals surface area (Å²) < 4.78 is 14.9. The van der Waals surface area contributed by atoms with E-state index in [2.05, 4.69) is 4.98 Å². The maximum Gasteiger partial charge on any atom is 0.352 e. The summed E-state index contributed by atoms with van der Waals surface area (Å²) in [6.45, 7) is 3.15. The zero-order chi connectivity index (χ0) is 14.9. The van der Waals surface area contributed by atoms with E-state index in [4.69, 9.17) is 5.11 Å². The summed E-state index contributed by atoms with van der Waals surface area (Å²) in [4.78, 5) is 26.7. The van der Waals surface area contributed by atoms with E-state index in [1.807, 2.05) is 0 Å². The van der Waals surface area contributed by atoms with Crippen LogP contribution in [0.3, 0.4) is 0 Å². The molecular formula is C14H13FN2O3. The second-order valence-corrected chi connectivity index (χ2v) is 4.40. The quantitative estimate of drug-likeness (QED) is 0.924. The molecule has 2 aromatic rings. The Kier molecular flexibility index (Phi) is 3.65. The maximum absolute atomic E-state index is 13.8. The minimum Gasteiger partial charge on any atom is -0.481 e. The van der Waals surface area contributed by atoms with Crippen molar-refractivity contribution >= 4 is 5.97 Å². The maximum atomic E-state index is 13.8.